The van der Waals surface area contributed by atoms with E-state index < -0.39 is 69.7 Å². The maximum Gasteiger partial charge on any atom is 0.320 e. The Kier molecular flexibility index (Phi) is 6.22. The lowest BCUT2D eigenvalue weighted by Gasteiger charge is -2.37. The first kappa shape index (κ1) is 24.9. The highest BCUT2D eigenvalue weighted by Gasteiger charge is 2.58. The smallest absolute Gasteiger partial charge is 0.320 e. The molecule has 6 nitrogen and oxygen atoms in total. The Balaban J connectivity index is 1.51. The number of nitrogens with zero attached hydrogens (tertiary/aromatic N) is 2. The molecule has 36 heavy (non-hydrogen) atoms. The number of rotatable bonds is 6. The van der Waals surface area contributed by atoms with Crippen molar-refractivity contribution in [1.29, 1.82) is 0 Å². The van der Waals surface area contributed by atoms with E-state index in [1.54, 1.807) is 0 Å². The van der Waals surface area contributed by atoms with Crippen molar-refractivity contribution >= 4 is 16.1 Å². The van der Waals surface area contributed by atoms with Crippen molar-refractivity contribution in [3.05, 3.63) is 59.4 Å². The van der Waals surface area contributed by atoms with Gasteiger partial charge in [-0.2, -0.15) is 0 Å². The largest absolute Gasteiger partial charge is 0.325 e. The van der Waals surface area contributed by atoms with Gasteiger partial charge in [0, 0.05) is 24.7 Å². The maximum atomic E-state index is 15.6. The lowest BCUT2D eigenvalue weighted by molar-refractivity contribution is -0.00562. The molecule has 2 atom stereocenters. The first-order valence-corrected chi connectivity index (χ1v) is 13.2. The Labute approximate surface area is 205 Å². The minimum atomic E-state index is -4.06. The van der Waals surface area contributed by atoms with Gasteiger partial charge in [0.25, 0.3) is 5.92 Å². The van der Waals surface area contributed by atoms with Crippen molar-refractivity contribution in [2.75, 3.05) is 19.6 Å². The van der Waals surface area contributed by atoms with E-state index in [2.05, 4.69) is 4.72 Å². The van der Waals surface area contributed by atoms with Gasteiger partial charge in [-0.15, -0.1) is 0 Å². The SMILES string of the molecule is O=C(N1CCC1)N1CC(F)(F)[C@H](NS(=O)(=O)C2CC2)[C@@H]1Cc1cccc(-c2cc(F)cc(F)c2)c1F. The van der Waals surface area contributed by atoms with Crippen LogP contribution in [0.3, 0.4) is 0 Å². The molecule has 194 valence electrons. The Hall–Kier alpha value is -2.73. The van der Waals surface area contributed by atoms with Crippen LogP contribution in [0.2, 0.25) is 0 Å². The number of carbonyl (C=O) groups excluding carboxylic acids is 1. The zero-order valence-corrected chi connectivity index (χ0v) is 19.9. The average molecular weight is 530 g/mol. The third kappa shape index (κ3) is 4.68. The van der Waals surface area contributed by atoms with Crippen LogP contribution in [0.25, 0.3) is 11.1 Å². The normalized spacial score (nSPS) is 23.6. The van der Waals surface area contributed by atoms with Gasteiger partial charge in [0.05, 0.1) is 17.8 Å². The number of halogens is 5. The van der Waals surface area contributed by atoms with Crippen LogP contribution in [-0.2, 0) is 16.4 Å². The topological polar surface area (TPSA) is 69.7 Å². The van der Waals surface area contributed by atoms with Crippen molar-refractivity contribution in [2.45, 2.75) is 48.9 Å². The van der Waals surface area contributed by atoms with Crippen molar-refractivity contribution in [3.8, 4) is 11.1 Å². The highest BCUT2D eigenvalue weighted by Crippen LogP contribution is 2.39. The summed E-state index contributed by atoms with van der Waals surface area (Å²) in [6, 6.07) is 2.57. The summed E-state index contributed by atoms with van der Waals surface area (Å²) in [4.78, 5) is 15.3. The minimum Gasteiger partial charge on any atom is -0.325 e. The number of nitrogens with one attached hydrogen (secondary N) is 1. The molecule has 2 amide bonds. The molecule has 2 aromatic carbocycles. The fourth-order valence-corrected chi connectivity index (χ4v) is 6.37. The lowest BCUT2D eigenvalue weighted by Crippen LogP contribution is -2.55. The van der Waals surface area contributed by atoms with E-state index in [1.165, 1.54) is 23.1 Å². The second-order valence-corrected chi connectivity index (χ2v) is 11.6. The Bertz CT molecular complexity index is 1280. The molecule has 5 rings (SSSR count). The van der Waals surface area contributed by atoms with Crippen molar-refractivity contribution in [1.82, 2.24) is 14.5 Å². The van der Waals surface area contributed by atoms with E-state index in [0.717, 1.165) is 23.5 Å². The molecule has 0 unspecified atom stereocenters. The van der Waals surface area contributed by atoms with Crippen molar-refractivity contribution in [3.63, 3.8) is 0 Å². The van der Waals surface area contributed by atoms with Crippen LogP contribution in [-0.4, -0.2) is 67.1 Å². The molecule has 2 aliphatic heterocycles. The molecule has 3 aliphatic rings. The highest BCUT2D eigenvalue weighted by atomic mass is 32.2. The first-order valence-electron chi connectivity index (χ1n) is 11.6. The van der Waals surface area contributed by atoms with E-state index in [4.69, 9.17) is 0 Å². The summed E-state index contributed by atoms with van der Waals surface area (Å²) in [5.41, 5.74) is -0.314. The minimum absolute atomic E-state index is 0.0805. The molecule has 1 saturated carbocycles. The third-order valence-corrected chi connectivity index (χ3v) is 8.86. The van der Waals surface area contributed by atoms with Gasteiger partial charge in [-0.1, -0.05) is 18.2 Å². The number of alkyl halides is 2. The second-order valence-electron chi connectivity index (χ2n) is 9.56. The van der Waals surface area contributed by atoms with Gasteiger partial charge >= 0.3 is 6.03 Å². The number of carbonyl (C=O) groups is 1. The number of likely N-dealkylation sites (tertiary alicyclic amines) is 2. The number of hydrogen-bond acceptors (Lipinski definition) is 3. The summed E-state index contributed by atoms with van der Waals surface area (Å²) in [5.74, 6) is -6.30. The molecule has 0 spiro atoms. The summed E-state index contributed by atoms with van der Waals surface area (Å²) in [6.45, 7) is -0.233. The summed E-state index contributed by atoms with van der Waals surface area (Å²) >= 11 is 0. The highest BCUT2D eigenvalue weighted by molar-refractivity contribution is 7.90. The van der Waals surface area contributed by atoms with Gasteiger partial charge in [-0.25, -0.2) is 39.9 Å². The molecule has 1 N–H and O–H groups in total. The Morgan fingerprint density at radius 3 is 2.31 bits per heavy atom. The van der Waals surface area contributed by atoms with Gasteiger partial charge in [0.2, 0.25) is 10.0 Å². The monoisotopic (exact) mass is 529 g/mol. The number of hydrogen-bond donors (Lipinski definition) is 1. The van der Waals surface area contributed by atoms with Crippen LogP contribution in [0.5, 0.6) is 0 Å². The average Bonchev–Trinajstić information content (AvgIpc) is 3.57. The molecule has 2 heterocycles. The summed E-state index contributed by atoms with van der Waals surface area (Å²) < 4.78 is 101. The predicted molar refractivity (Wildman–Crippen MR) is 121 cm³/mol. The number of benzene rings is 2. The number of urea groups is 1. The molecule has 2 aromatic rings. The van der Waals surface area contributed by atoms with Gasteiger partial charge in [0.1, 0.15) is 23.5 Å². The first-order chi connectivity index (χ1) is 17.0. The van der Waals surface area contributed by atoms with Crippen LogP contribution < -0.4 is 4.72 Å². The molecular weight excluding hydrogens is 505 g/mol. The van der Waals surface area contributed by atoms with Crippen molar-refractivity contribution in [2.24, 2.45) is 0 Å². The van der Waals surface area contributed by atoms with E-state index >= 15 is 13.2 Å². The molecule has 0 radical (unpaired) electrons. The van der Waals surface area contributed by atoms with E-state index in [0.29, 0.717) is 32.0 Å². The van der Waals surface area contributed by atoms with E-state index in [9.17, 15) is 22.0 Å². The molecular formula is C24H24F5N3O3S. The lowest BCUT2D eigenvalue weighted by atomic mass is 9.95. The third-order valence-electron chi connectivity index (χ3n) is 6.93. The van der Waals surface area contributed by atoms with Gasteiger partial charge in [-0.05, 0) is 48.9 Å². The van der Waals surface area contributed by atoms with Crippen LogP contribution in [0.4, 0.5) is 26.7 Å². The molecule has 1 aliphatic carbocycles. The fourth-order valence-electron chi connectivity index (χ4n) is 4.74. The van der Waals surface area contributed by atoms with Crippen molar-refractivity contribution < 1.29 is 35.2 Å². The zero-order chi connectivity index (χ0) is 25.8. The molecule has 0 aromatic heterocycles. The fraction of sp³-hybridized carbons (Fsp3) is 0.458. The number of sulfonamides is 1. The van der Waals surface area contributed by atoms with Gasteiger partial charge < -0.3 is 9.80 Å². The predicted octanol–water partition coefficient (Wildman–Crippen LogP) is 3.91. The Morgan fingerprint density at radius 1 is 1.06 bits per heavy atom. The van der Waals surface area contributed by atoms with Crippen LogP contribution in [0, 0.1) is 17.5 Å². The summed E-state index contributed by atoms with van der Waals surface area (Å²) in [6.07, 6.45) is 1.01. The quantitative estimate of drug-likeness (QED) is 0.577. The molecule has 2 saturated heterocycles. The van der Waals surface area contributed by atoms with E-state index in [1.807, 2.05) is 0 Å². The van der Waals surface area contributed by atoms with Crippen LogP contribution in [0.15, 0.2) is 36.4 Å². The van der Waals surface area contributed by atoms with Crippen LogP contribution in [0.1, 0.15) is 24.8 Å². The van der Waals surface area contributed by atoms with Gasteiger partial charge in [0.15, 0.2) is 0 Å². The van der Waals surface area contributed by atoms with Crippen LogP contribution >= 0.6 is 0 Å². The molecule has 0 bridgehead atoms. The van der Waals surface area contributed by atoms with Gasteiger partial charge in [-0.3, -0.25) is 0 Å². The standard InChI is InChI=1S/C24H24F5N3O3S/c25-16-9-15(10-17(26)12-16)19-4-1-3-14(21(19)27)11-20-22(30-36(34,35)18-5-6-18)24(28,29)13-32(20)23(33)31-7-2-8-31/h1,3-4,9-10,12,18,20,22,30H,2,5-8,11,13H2/t20-,22+/m0/s1. The molecule has 12 heteroatoms. The number of amides is 2. The zero-order valence-electron chi connectivity index (χ0n) is 19.1. The molecule has 3 fully saturated rings. The van der Waals surface area contributed by atoms with E-state index in [-0.39, 0.29) is 16.7 Å². The second kappa shape index (κ2) is 8.98. The Morgan fingerprint density at radius 2 is 1.72 bits per heavy atom. The summed E-state index contributed by atoms with van der Waals surface area (Å²) in [5, 5.41) is -0.767. The maximum absolute atomic E-state index is 15.6. The summed E-state index contributed by atoms with van der Waals surface area (Å²) in [7, 11) is -4.06.